The molecule has 5 rings (SSSR count). The molecule has 3 heterocycles. The minimum atomic E-state index is -3.51. The molecule has 0 radical (unpaired) electrons. The number of aryl methyl sites for hydroxylation is 2. The standard InChI is InChI=1S/C24H26N4O3S/c1-27-23-18-10-3-5-12-21(18)32(30,31)16-19(23)22(26-27)24(29)25-13-7-15-28-14-6-9-17-8-2-4-11-20(17)28/h2-5,8,10-12H,6-7,9,13-16H2,1H3,(H,25,29). The molecule has 166 valence electrons. The Morgan fingerprint density at radius 3 is 2.78 bits per heavy atom. The van der Waals surface area contributed by atoms with Crippen molar-refractivity contribution in [1.82, 2.24) is 15.1 Å². The van der Waals surface area contributed by atoms with Crippen LogP contribution in [0.5, 0.6) is 0 Å². The van der Waals surface area contributed by atoms with Crippen LogP contribution in [-0.4, -0.2) is 43.7 Å². The molecule has 7 nitrogen and oxygen atoms in total. The van der Waals surface area contributed by atoms with Crippen LogP contribution in [0.4, 0.5) is 5.69 Å². The van der Waals surface area contributed by atoms with Crippen molar-refractivity contribution in [3.63, 3.8) is 0 Å². The fraction of sp³-hybridized carbons (Fsp3) is 0.333. The molecule has 2 aliphatic heterocycles. The normalized spacial score (nSPS) is 16.1. The lowest BCUT2D eigenvalue weighted by Gasteiger charge is -2.31. The van der Waals surface area contributed by atoms with E-state index >= 15 is 0 Å². The second-order valence-electron chi connectivity index (χ2n) is 8.38. The van der Waals surface area contributed by atoms with E-state index < -0.39 is 9.84 Å². The molecule has 0 fully saturated rings. The van der Waals surface area contributed by atoms with Gasteiger partial charge in [-0.15, -0.1) is 0 Å². The number of anilines is 1. The predicted octanol–water partition coefficient (Wildman–Crippen LogP) is 2.95. The number of hydrogen-bond acceptors (Lipinski definition) is 5. The lowest BCUT2D eigenvalue weighted by Crippen LogP contribution is -2.33. The summed E-state index contributed by atoms with van der Waals surface area (Å²) >= 11 is 0. The molecule has 8 heteroatoms. The van der Waals surface area contributed by atoms with Gasteiger partial charge in [-0.3, -0.25) is 9.48 Å². The highest BCUT2D eigenvalue weighted by atomic mass is 32.2. The number of hydrogen-bond donors (Lipinski definition) is 1. The quantitative estimate of drug-likeness (QED) is 0.604. The molecular formula is C24H26N4O3S. The average molecular weight is 451 g/mol. The number of amides is 1. The molecule has 0 aliphatic carbocycles. The zero-order chi connectivity index (χ0) is 22.3. The number of aromatic nitrogens is 2. The van der Waals surface area contributed by atoms with Crippen LogP contribution >= 0.6 is 0 Å². The smallest absolute Gasteiger partial charge is 0.272 e. The van der Waals surface area contributed by atoms with Crippen LogP contribution in [0.3, 0.4) is 0 Å². The number of rotatable bonds is 5. The fourth-order valence-corrected chi connectivity index (χ4v) is 6.42. The van der Waals surface area contributed by atoms with Crippen molar-refractivity contribution >= 4 is 21.4 Å². The molecule has 32 heavy (non-hydrogen) atoms. The fourth-order valence-electron chi connectivity index (χ4n) is 4.82. The van der Waals surface area contributed by atoms with E-state index in [0.29, 0.717) is 28.3 Å². The van der Waals surface area contributed by atoms with Gasteiger partial charge in [0.1, 0.15) is 0 Å². The molecular weight excluding hydrogens is 424 g/mol. The van der Waals surface area contributed by atoms with Gasteiger partial charge < -0.3 is 10.2 Å². The van der Waals surface area contributed by atoms with Gasteiger partial charge in [-0.2, -0.15) is 5.10 Å². The number of carbonyl (C=O) groups is 1. The number of carbonyl (C=O) groups excluding carboxylic acids is 1. The second kappa shape index (κ2) is 8.09. The molecule has 0 bridgehead atoms. The van der Waals surface area contributed by atoms with E-state index in [2.05, 4.69) is 39.6 Å². The Hall–Kier alpha value is -3.13. The highest BCUT2D eigenvalue weighted by Crippen LogP contribution is 2.38. The summed E-state index contributed by atoms with van der Waals surface area (Å²) in [5, 5.41) is 7.33. The second-order valence-corrected chi connectivity index (χ2v) is 10.3. The van der Waals surface area contributed by atoms with Gasteiger partial charge in [0.2, 0.25) is 0 Å². The Morgan fingerprint density at radius 1 is 1.12 bits per heavy atom. The molecule has 1 amide bonds. The molecule has 3 aromatic rings. The van der Waals surface area contributed by atoms with Crippen molar-refractivity contribution in [2.24, 2.45) is 7.05 Å². The number of sulfone groups is 1. The lowest BCUT2D eigenvalue weighted by atomic mass is 10.0. The van der Waals surface area contributed by atoms with Gasteiger partial charge in [0.05, 0.1) is 16.3 Å². The van der Waals surface area contributed by atoms with Gasteiger partial charge in [-0.1, -0.05) is 36.4 Å². The first-order chi connectivity index (χ1) is 15.5. The molecule has 0 saturated carbocycles. The van der Waals surface area contributed by atoms with Crippen molar-refractivity contribution in [3.8, 4) is 11.3 Å². The van der Waals surface area contributed by atoms with Crippen LogP contribution in [0.2, 0.25) is 0 Å². The lowest BCUT2D eigenvalue weighted by molar-refractivity contribution is 0.0947. The average Bonchev–Trinajstić information content (AvgIpc) is 3.12. The van der Waals surface area contributed by atoms with E-state index in [4.69, 9.17) is 0 Å². The molecule has 0 spiro atoms. The molecule has 0 atom stereocenters. The monoisotopic (exact) mass is 450 g/mol. The van der Waals surface area contributed by atoms with Crippen LogP contribution in [0.25, 0.3) is 11.3 Å². The summed E-state index contributed by atoms with van der Waals surface area (Å²) in [5.74, 6) is -0.531. The summed E-state index contributed by atoms with van der Waals surface area (Å²) in [6, 6.07) is 15.4. The Labute approximate surface area is 188 Å². The largest absolute Gasteiger partial charge is 0.371 e. The number of nitrogens with one attached hydrogen (secondary N) is 1. The topological polar surface area (TPSA) is 84.3 Å². The van der Waals surface area contributed by atoms with E-state index in [-0.39, 0.29) is 17.4 Å². The van der Waals surface area contributed by atoms with Crippen molar-refractivity contribution in [3.05, 3.63) is 65.4 Å². The summed E-state index contributed by atoms with van der Waals surface area (Å²) < 4.78 is 27.2. The number of benzene rings is 2. The molecule has 2 aliphatic rings. The van der Waals surface area contributed by atoms with Crippen LogP contribution in [0, 0.1) is 0 Å². The van der Waals surface area contributed by atoms with Crippen molar-refractivity contribution in [1.29, 1.82) is 0 Å². The van der Waals surface area contributed by atoms with Crippen molar-refractivity contribution < 1.29 is 13.2 Å². The van der Waals surface area contributed by atoms with Crippen LogP contribution in [0.15, 0.2) is 53.4 Å². The Kier molecular flexibility index (Phi) is 5.25. The van der Waals surface area contributed by atoms with Crippen LogP contribution in [0.1, 0.15) is 34.5 Å². The van der Waals surface area contributed by atoms with Gasteiger partial charge in [-0.25, -0.2) is 8.42 Å². The van der Waals surface area contributed by atoms with Crippen molar-refractivity contribution in [2.75, 3.05) is 24.5 Å². The minimum Gasteiger partial charge on any atom is -0.371 e. The Morgan fingerprint density at radius 2 is 1.91 bits per heavy atom. The molecule has 0 unspecified atom stereocenters. The molecule has 0 saturated heterocycles. The van der Waals surface area contributed by atoms with E-state index in [1.807, 2.05) is 0 Å². The molecule has 1 aromatic heterocycles. The minimum absolute atomic E-state index is 0.198. The third-order valence-electron chi connectivity index (χ3n) is 6.27. The van der Waals surface area contributed by atoms with Crippen LogP contribution < -0.4 is 10.2 Å². The van der Waals surface area contributed by atoms with Crippen LogP contribution in [-0.2, 0) is 29.1 Å². The van der Waals surface area contributed by atoms with Gasteiger partial charge in [0.15, 0.2) is 15.5 Å². The SMILES string of the molecule is Cn1nc(C(=O)NCCCN2CCCc3ccccc32)c2c1-c1ccccc1S(=O)(=O)C2. The van der Waals surface area contributed by atoms with Gasteiger partial charge >= 0.3 is 0 Å². The maximum Gasteiger partial charge on any atom is 0.272 e. The summed E-state index contributed by atoms with van der Waals surface area (Å²) in [7, 11) is -1.76. The zero-order valence-electron chi connectivity index (χ0n) is 18.0. The summed E-state index contributed by atoms with van der Waals surface area (Å²) in [4.78, 5) is 15.6. The number of para-hydroxylation sites is 1. The molecule has 1 N–H and O–H groups in total. The number of nitrogens with zero attached hydrogens (tertiary/aromatic N) is 3. The maximum absolute atomic E-state index is 12.9. The van der Waals surface area contributed by atoms with E-state index in [0.717, 1.165) is 32.4 Å². The van der Waals surface area contributed by atoms with Gasteiger partial charge in [0, 0.05) is 43.5 Å². The highest BCUT2D eigenvalue weighted by Gasteiger charge is 2.34. The van der Waals surface area contributed by atoms with Crippen molar-refractivity contribution in [2.45, 2.75) is 29.9 Å². The van der Waals surface area contributed by atoms with Gasteiger partial charge in [0.25, 0.3) is 5.91 Å². The first kappa shape index (κ1) is 20.8. The van der Waals surface area contributed by atoms with E-state index in [1.54, 1.807) is 36.0 Å². The number of fused-ring (bicyclic) bond motifs is 4. The maximum atomic E-state index is 12.9. The summed E-state index contributed by atoms with van der Waals surface area (Å²) in [5.41, 5.74) is 4.65. The summed E-state index contributed by atoms with van der Waals surface area (Å²) in [6.45, 7) is 2.39. The summed E-state index contributed by atoms with van der Waals surface area (Å²) in [6.07, 6.45) is 3.05. The first-order valence-corrected chi connectivity index (χ1v) is 12.6. The zero-order valence-corrected chi connectivity index (χ0v) is 18.9. The van der Waals surface area contributed by atoms with E-state index in [1.165, 1.54) is 11.3 Å². The first-order valence-electron chi connectivity index (χ1n) is 10.9. The van der Waals surface area contributed by atoms with Gasteiger partial charge in [-0.05, 0) is 37.0 Å². The molecule has 2 aromatic carbocycles. The third kappa shape index (κ3) is 3.58. The Balaban J connectivity index is 1.28. The Bertz CT molecular complexity index is 1300. The third-order valence-corrected chi connectivity index (χ3v) is 7.96. The highest BCUT2D eigenvalue weighted by molar-refractivity contribution is 7.90. The van der Waals surface area contributed by atoms with E-state index in [9.17, 15) is 13.2 Å². The predicted molar refractivity (Wildman–Crippen MR) is 123 cm³/mol.